The summed E-state index contributed by atoms with van der Waals surface area (Å²) in [7, 11) is 1.65. The van der Waals surface area contributed by atoms with E-state index in [1.54, 1.807) is 7.11 Å². The van der Waals surface area contributed by atoms with Crippen LogP contribution in [0.15, 0.2) is 18.2 Å². The average Bonchev–Trinajstić information content (AvgIpc) is 2.34. The number of carbonyl (C=O) groups is 1. The minimum atomic E-state index is -0.962. The van der Waals surface area contributed by atoms with Gasteiger partial charge in [-0.25, -0.2) is 4.79 Å². The van der Waals surface area contributed by atoms with Crippen LogP contribution in [-0.4, -0.2) is 24.8 Å². The van der Waals surface area contributed by atoms with Gasteiger partial charge in [-0.3, -0.25) is 0 Å². The fraction of sp³-hybridized carbons (Fsp3) is 0.533. The third-order valence-corrected chi connectivity index (χ3v) is 2.96. The molecule has 4 nitrogen and oxygen atoms in total. The molecular formula is C15H22O4. The lowest BCUT2D eigenvalue weighted by molar-refractivity contribution is -0.144. The zero-order chi connectivity index (χ0) is 14.6. The highest BCUT2D eigenvalue weighted by molar-refractivity contribution is 5.68. The largest absolute Gasteiger partial charge is 0.496 e. The van der Waals surface area contributed by atoms with E-state index in [4.69, 9.17) is 14.6 Å². The van der Waals surface area contributed by atoms with E-state index in [9.17, 15) is 4.79 Å². The summed E-state index contributed by atoms with van der Waals surface area (Å²) in [6.45, 7) is 7.88. The van der Waals surface area contributed by atoms with Crippen LogP contribution in [-0.2, 0) is 14.9 Å². The Balaban J connectivity index is 3.01. The molecule has 1 aromatic carbocycles. The molecule has 0 radical (unpaired) electrons. The number of aliphatic carboxylic acids is 1. The fourth-order valence-electron chi connectivity index (χ4n) is 1.86. The summed E-state index contributed by atoms with van der Waals surface area (Å²) < 4.78 is 10.7. The van der Waals surface area contributed by atoms with Gasteiger partial charge in [0.25, 0.3) is 0 Å². The third kappa shape index (κ3) is 4.24. The van der Waals surface area contributed by atoms with Gasteiger partial charge >= 0.3 is 5.97 Å². The Kier molecular flexibility index (Phi) is 4.95. The van der Waals surface area contributed by atoms with Crippen LogP contribution in [0, 0.1) is 0 Å². The summed E-state index contributed by atoms with van der Waals surface area (Å²) in [5.41, 5.74) is 1.98. The Hall–Kier alpha value is -1.55. The number of methoxy groups -OCH3 is 1. The number of hydrogen-bond acceptors (Lipinski definition) is 3. The maximum atomic E-state index is 10.5. The summed E-state index contributed by atoms with van der Waals surface area (Å²) in [4.78, 5) is 10.5. The lowest BCUT2D eigenvalue weighted by atomic mass is 9.85. The van der Waals surface area contributed by atoms with Crippen LogP contribution in [0.2, 0.25) is 0 Å². The fourth-order valence-corrected chi connectivity index (χ4v) is 1.86. The molecule has 1 atom stereocenters. The monoisotopic (exact) mass is 266 g/mol. The number of ether oxygens (including phenoxy) is 2. The predicted octanol–water partition coefficient (Wildman–Crippen LogP) is 3.15. The number of benzene rings is 1. The Labute approximate surface area is 114 Å². The van der Waals surface area contributed by atoms with Crippen molar-refractivity contribution < 1.29 is 19.4 Å². The predicted molar refractivity (Wildman–Crippen MR) is 73.7 cm³/mol. The van der Waals surface area contributed by atoms with Gasteiger partial charge < -0.3 is 14.6 Å². The number of carboxylic acid groups (broad SMARTS) is 1. The van der Waals surface area contributed by atoms with E-state index in [-0.39, 0.29) is 18.1 Å². The molecule has 0 saturated heterocycles. The Morgan fingerprint density at radius 3 is 2.47 bits per heavy atom. The number of rotatable bonds is 5. The van der Waals surface area contributed by atoms with E-state index in [0.717, 1.165) is 16.9 Å². The lowest BCUT2D eigenvalue weighted by Gasteiger charge is -2.24. The molecule has 0 spiro atoms. The van der Waals surface area contributed by atoms with Gasteiger partial charge in [0.2, 0.25) is 0 Å². The normalized spacial score (nSPS) is 13.1. The lowest BCUT2D eigenvalue weighted by Crippen LogP contribution is -2.15. The minimum absolute atomic E-state index is 0.0477. The van der Waals surface area contributed by atoms with Crippen molar-refractivity contribution in [3.05, 3.63) is 29.3 Å². The summed E-state index contributed by atoms with van der Waals surface area (Å²) >= 11 is 0. The van der Waals surface area contributed by atoms with Crippen molar-refractivity contribution in [1.82, 2.24) is 0 Å². The maximum absolute atomic E-state index is 10.5. The highest BCUT2D eigenvalue weighted by Crippen LogP contribution is 2.33. The molecule has 1 unspecified atom stereocenters. The first kappa shape index (κ1) is 15.5. The van der Waals surface area contributed by atoms with Gasteiger partial charge in [-0.1, -0.05) is 26.8 Å². The van der Waals surface area contributed by atoms with Crippen molar-refractivity contribution in [3.63, 3.8) is 0 Å². The molecule has 1 aromatic rings. The first-order valence-electron chi connectivity index (χ1n) is 6.27. The maximum Gasteiger partial charge on any atom is 0.329 e. The summed E-state index contributed by atoms with van der Waals surface area (Å²) in [6.07, 6.45) is -0.261. The zero-order valence-electron chi connectivity index (χ0n) is 12.2. The second kappa shape index (κ2) is 6.06. The van der Waals surface area contributed by atoms with Crippen molar-refractivity contribution in [2.75, 3.05) is 13.7 Å². The van der Waals surface area contributed by atoms with Crippen molar-refractivity contribution in [1.29, 1.82) is 0 Å². The summed E-state index contributed by atoms with van der Waals surface area (Å²) in [5.74, 6) is -0.127. The molecular weight excluding hydrogens is 244 g/mol. The van der Waals surface area contributed by atoms with Gasteiger partial charge in [0.05, 0.1) is 13.2 Å². The van der Waals surface area contributed by atoms with Gasteiger partial charge in [0, 0.05) is 0 Å². The van der Waals surface area contributed by atoms with Gasteiger partial charge in [0.15, 0.2) is 0 Å². The minimum Gasteiger partial charge on any atom is -0.496 e. The van der Waals surface area contributed by atoms with E-state index in [1.807, 2.05) is 25.1 Å². The molecule has 0 heterocycles. The average molecular weight is 266 g/mol. The van der Waals surface area contributed by atoms with Crippen LogP contribution in [0.3, 0.4) is 0 Å². The first-order valence-corrected chi connectivity index (χ1v) is 6.27. The van der Waals surface area contributed by atoms with Gasteiger partial charge in [0.1, 0.15) is 12.4 Å². The van der Waals surface area contributed by atoms with Crippen LogP contribution >= 0.6 is 0 Å². The molecule has 19 heavy (non-hydrogen) atoms. The molecule has 0 amide bonds. The molecule has 0 aromatic heterocycles. The molecule has 1 rings (SSSR count). The van der Waals surface area contributed by atoms with E-state index in [2.05, 4.69) is 20.8 Å². The van der Waals surface area contributed by atoms with Crippen LogP contribution in [0.5, 0.6) is 5.75 Å². The van der Waals surface area contributed by atoms with Crippen molar-refractivity contribution in [2.24, 2.45) is 0 Å². The molecule has 0 aliphatic heterocycles. The zero-order valence-corrected chi connectivity index (χ0v) is 12.2. The molecule has 0 saturated carbocycles. The second-order valence-electron chi connectivity index (χ2n) is 5.56. The molecule has 0 bridgehead atoms. The van der Waals surface area contributed by atoms with Crippen molar-refractivity contribution >= 4 is 5.97 Å². The first-order chi connectivity index (χ1) is 8.75. The summed E-state index contributed by atoms with van der Waals surface area (Å²) in [6, 6.07) is 5.82. The molecule has 0 aliphatic rings. The van der Waals surface area contributed by atoms with Crippen LogP contribution in [0.25, 0.3) is 0 Å². The van der Waals surface area contributed by atoms with Crippen molar-refractivity contribution in [2.45, 2.75) is 39.2 Å². The Bertz CT molecular complexity index is 446. The quantitative estimate of drug-likeness (QED) is 0.889. The molecule has 106 valence electrons. The molecule has 1 N–H and O–H groups in total. The highest BCUT2D eigenvalue weighted by atomic mass is 16.5. The topological polar surface area (TPSA) is 55.8 Å². The molecule has 0 aliphatic carbocycles. The van der Waals surface area contributed by atoms with Crippen LogP contribution in [0.4, 0.5) is 0 Å². The van der Waals surface area contributed by atoms with Gasteiger partial charge in [-0.05, 0) is 35.6 Å². The van der Waals surface area contributed by atoms with E-state index < -0.39 is 5.97 Å². The van der Waals surface area contributed by atoms with Crippen LogP contribution in [0.1, 0.15) is 44.9 Å². The van der Waals surface area contributed by atoms with Crippen LogP contribution < -0.4 is 4.74 Å². The Morgan fingerprint density at radius 2 is 2.00 bits per heavy atom. The summed E-state index contributed by atoms with van der Waals surface area (Å²) in [5, 5.41) is 8.63. The number of hydrogen-bond donors (Lipinski definition) is 1. The van der Waals surface area contributed by atoms with E-state index >= 15 is 0 Å². The standard InChI is InChI=1S/C15H22O4/c1-10(19-9-14(16)17)11-6-7-13(18-5)12(8-11)15(2,3)4/h6-8,10H,9H2,1-5H3,(H,16,17). The molecule has 0 fully saturated rings. The SMILES string of the molecule is COc1ccc(C(C)OCC(=O)O)cc1C(C)(C)C. The van der Waals surface area contributed by atoms with E-state index in [1.165, 1.54) is 0 Å². The smallest absolute Gasteiger partial charge is 0.329 e. The second-order valence-corrected chi connectivity index (χ2v) is 5.56. The van der Waals surface area contributed by atoms with Gasteiger partial charge in [-0.2, -0.15) is 0 Å². The molecule has 4 heteroatoms. The highest BCUT2D eigenvalue weighted by Gasteiger charge is 2.20. The van der Waals surface area contributed by atoms with E-state index in [0.29, 0.717) is 0 Å². The Morgan fingerprint density at radius 1 is 1.37 bits per heavy atom. The van der Waals surface area contributed by atoms with Gasteiger partial charge in [-0.15, -0.1) is 0 Å². The third-order valence-electron chi connectivity index (χ3n) is 2.96. The van der Waals surface area contributed by atoms with Crippen molar-refractivity contribution in [3.8, 4) is 5.75 Å². The number of carboxylic acids is 1.